The van der Waals surface area contributed by atoms with Gasteiger partial charge in [0.15, 0.2) is 23.1 Å². The SMILES string of the molecule is CCN(CC)CCCOc1cc2ncnc(Oc3ccc(NC(=O)[C@]4(C(=O)Nc5ccc(F)cc5)C[C@H]4C)cc3F)c2cc1OC. The molecule has 242 valence electrons. The van der Waals surface area contributed by atoms with Gasteiger partial charge in [-0.3, -0.25) is 9.59 Å². The van der Waals surface area contributed by atoms with Gasteiger partial charge in [-0.1, -0.05) is 20.8 Å². The number of fused-ring (bicyclic) bond motifs is 1. The summed E-state index contributed by atoms with van der Waals surface area (Å²) in [5.74, 6) is -1.53. The highest BCUT2D eigenvalue weighted by molar-refractivity contribution is 6.17. The fourth-order valence-corrected chi connectivity index (χ4v) is 5.35. The summed E-state index contributed by atoms with van der Waals surface area (Å²) in [6.45, 7) is 9.41. The average molecular weight is 634 g/mol. The smallest absolute Gasteiger partial charge is 0.240 e. The Morgan fingerprint density at radius 1 is 0.935 bits per heavy atom. The van der Waals surface area contributed by atoms with Crippen molar-refractivity contribution in [2.24, 2.45) is 11.3 Å². The van der Waals surface area contributed by atoms with Gasteiger partial charge in [0.25, 0.3) is 0 Å². The predicted molar refractivity (Wildman–Crippen MR) is 170 cm³/mol. The third-order valence-corrected chi connectivity index (χ3v) is 8.27. The van der Waals surface area contributed by atoms with Crippen molar-refractivity contribution >= 4 is 34.1 Å². The average Bonchev–Trinajstić information content (AvgIpc) is 3.75. The summed E-state index contributed by atoms with van der Waals surface area (Å²) in [4.78, 5) is 37.1. The Kier molecular flexibility index (Phi) is 9.96. The number of hydrogen-bond donors (Lipinski definition) is 2. The Hall–Kier alpha value is -4.84. The van der Waals surface area contributed by atoms with Crippen LogP contribution >= 0.6 is 0 Å². The standard InChI is InChI=1S/C34H37F2N5O5/c1-5-41(6-2)14-7-15-45-30-18-27-25(17-29(30)44-4)31(38-20-37-27)46-28-13-12-24(16-26(28)36)40-33(43)34(19-21(34)3)32(42)39-23-10-8-22(35)9-11-23/h8-13,16-18,20-21H,5-7,14-15,19H2,1-4H3,(H,39,42)(H,40,43)/t21-,34-/m1/s1. The van der Waals surface area contributed by atoms with E-state index in [1.165, 1.54) is 49.8 Å². The number of halogens is 2. The van der Waals surface area contributed by atoms with Gasteiger partial charge in [0, 0.05) is 30.1 Å². The zero-order valence-electron chi connectivity index (χ0n) is 26.2. The van der Waals surface area contributed by atoms with E-state index in [0.717, 1.165) is 32.1 Å². The molecule has 46 heavy (non-hydrogen) atoms. The molecule has 2 amide bonds. The van der Waals surface area contributed by atoms with Crippen LogP contribution in [-0.4, -0.2) is 60.0 Å². The lowest BCUT2D eigenvalue weighted by Gasteiger charge is -2.18. The van der Waals surface area contributed by atoms with Crippen molar-refractivity contribution in [3.63, 3.8) is 0 Å². The van der Waals surface area contributed by atoms with E-state index in [9.17, 15) is 14.0 Å². The molecule has 10 nitrogen and oxygen atoms in total. The quantitative estimate of drug-likeness (QED) is 0.121. The van der Waals surface area contributed by atoms with Crippen LogP contribution in [0.5, 0.6) is 23.1 Å². The summed E-state index contributed by atoms with van der Waals surface area (Å²) in [7, 11) is 1.53. The molecule has 2 N–H and O–H groups in total. The first-order valence-electron chi connectivity index (χ1n) is 15.2. The molecule has 1 fully saturated rings. The van der Waals surface area contributed by atoms with Gasteiger partial charge in [-0.2, -0.15) is 0 Å². The minimum absolute atomic E-state index is 0.107. The van der Waals surface area contributed by atoms with Crippen molar-refractivity contribution < 1.29 is 32.6 Å². The molecule has 1 heterocycles. The van der Waals surface area contributed by atoms with E-state index < -0.39 is 28.9 Å². The molecule has 2 atom stereocenters. The van der Waals surface area contributed by atoms with Gasteiger partial charge < -0.3 is 29.7 Å². The van der Waals surface area contributed by atoms with E-state index in [2.05, 4.69) is 39.3 Å². The molecular formula is C34H37F2N5O5. The van der Waals surface area contributed by atoms with Crippen molar-refractivity contribution in [2.75, 3.05) is 44.0 Å². The number of anilines is 2. The first-order chi connectivity index (χ1) is 22.2. The minimum atomic E-state index is -1.33. The summed E-state index contributed by atoms with van der Waals surface area (Å²) in [6, 6.07) is 12.6. The molecule has 0 aliphatic heterocycles. The van der Waals surface area contributed by atoms with Crippen LogP contribution < -0.4 is 24.8 Å². The monoisotopic (exact) mass is 633 g/mol. The number of hydrogen-bond acceptors (Lipinski definition) is 8. The molecular weight excluding hydrogens is 596 g/mol. The number of methoxy groups -OCH3 is 1. The van der Waals surface area contributed by atoms with Crippen molar-refractivity contribution in [1.82, 2.24) is 14.9 Å². The normalized spacial score (nSPS) is 17.1. The van der Waals surface area contributed by atoms with E-state index in [-0.39, 0.29) is 23.2 Å². The molecule has 1 saturated carbocycles. The van der Waals surface area contributed by atoms with Gasteiger partial charge in [-0.15, -0.1) is 0 Å². The van der Waals surface area contributed by atoms with Gasteiger partial charge in [-0.05, 0) is 74.3 Å². The van der Waals surface area contributed by atoms with Crippen LogP contribution in [0.2, 0.25) is 0 Å². The lowest BCUT2D eigenvalue weighted by atomic mass is 10.0. The van der Waals surface area contributed by atoms with E-state index in [1.807, 2.05) is 0 Å². The molecule has 5 rings (SSSR count). The number of carbonyl (C=O) groups excluding carboxylic acids is 2. The number of ether oxygens (including phenoxy) is 3. The van der Waals surface area contributed by atoms with Gasteiger partial charge in [0.1, 0.15) is 17.6 Å². The number of carbonyl (C=O) groups is 2. The molecule has 0 bridgehead atoms. The maximum absolute atomic E-state index is 15.3. The van der Waals surface area contributed by atoms with Crippen LogP contribution in [0, 0.1) is 23.0 Å². The minimum Gasteiger partial charge on any atom is -0.493 e. The molecule has 0 unspecified atom stereocenters. The third-order valence-electron chi connectivity index (χ3n) is 8.27. The Labute approximate surface area is 266 Å². The van der Waals surface area contributed by atoms with Gasteiger partial charge in [-0.25, -0.2) is 18.7 Å². The number of benzene rings is 3. The van der Waals surface area contributed by atoms with Gasteiger partial charge in [0.2, 0.25) is 17.7 Å². The lowest BCUT2D eigenvalue weighted by molar-refractivity contribution is -0.131. The van der Waals surface area contributed by atoms with E-state index in [0.29, 0.717) is 41.1 Å². The first kappa shape index (κ1) is 32.6. The van der Waals surface area contributed by atoms with Crippen molar-refractivity contribution in [3.05, 3.63) is 72.6 Å². The molecule has 1 aliphatic rings. The molecule has 4 aromatic rings. The lowest BCUT2D eigenvalue weighted by Crippen LogP contribution is -2.37. The van der Waals surface area contributed by atoms with Crippen LogP contribution in [0.1, 0.15) is 33.6 Å². The summed E-state index contributed by atoms with van der Waals surface area (Å²) in [6.07, 6.45) is 2.48. The second-order valence-electron chi connectivity index (χ2n) is 11.2. The van der Waals surface area contributed by atoms with Gasteiger partial charge >= 0.3 is 0 Å². The van der Waals surface area contributed by atoms with Gasteiger partial charge in [0.05, 0.1) is 24.6 Å². The number of aromatic nitrogens is 2. The second kappa shape index (κ2) is 14.1. The Balaban J connectivity index is 1.27. The Bertz CT molecular complexity index is 1720. The highest BCUT2D eigenvalue weighted by Gasteiger charge is 2.63. The molecule has 1 aromatic heterocycles. The molecule has 0 spiro atoms. The molecule has 12 heteroatoms. The molecule has 0 saturated heterocycles. The Morgan fingerprint density at radius 2 is 1.61 bits per heavy atom. The Morgan fingerprint density at radius 3 is 2.24 bits per heavy atom. The van der Waals surface area contributed by atoms with Crippen molar-refractivity contribution in [1.29, 1.82) is 0 Å². The predicted octanol–water partition coefficient (Wildman–Crippen LogP) is 6.42. The highest BCUT2D eigenvalue weighted by Crippen LogP contribution is 2.53. The topological polar surface area (TPSA) is 115 Å². The molecule has 3 aromatic carbocycles. The zero-order valence-corrected chi connectivity index (χ0v) is 26.2. The van der Waals surface area contributed by atoms with Crippen molar-refractivity contribution in [2.45, 2.75) is 33.6 Å². The van der Waals surface area contributed by atoms with E-state index >= 15 is 4.39 Å². The van der Waals surface area contributed by atoms with E-state index in [4.69, 9.17) is 14.2 Å². The van der Waals surface area contributed by atoms with Crippen LogP contribution in [0.25, 0.3) is 10.9 Å². The number of rotatable bonds is 14. The van der Waals surface area contributed by atoms with Crippen molar-refractivity contribution in [3.8, 4) is 23.1 Å². The zero-order chi connectivity index (χ0) is 32.8. The van der Waals surface area contributed by atoms with Crippen LogP contribution in [0.3, 0.4) is 0 Å². The fourth-order valence-electron chi connectivity index (χ4n) is 5.35. The number of nitrogens with one attached hydrogen (secondary N) is 2. The van der Waals surface area contributed by atoms with Crippen LogP contribution in [0.15, 0.2) is 60.9 Å². The third kappa shape index (κ3) is 7.02. The molecule has 1 aliphatic carbocycles. The number of nitrogens with zero attached hydrogens (tertiary/aromatic N) is 3. The second-order valence-corrected chi connectivity index (χ2v) is 11.2. The fraction of sp³-hybridized carbons (Fsp3) is 0.353. The van der Waals surface area contributed by atoms with E-state index in [1.54, 1.807) is 19.1 Å². The summed E-state index contributed by atoms with van der Waals surface area (Å²) < 4.78 is 45.9. The maximum Gasteiger partial charge on any atom is 0.240 e. The van der Waals surface area contributed by atoms with Crippen LogP contribution in [0.4, 0.5) is 20.2 Å². The largest absolute Gasteiger partial charge is 0.493 e. The first-order valence-corrected chi connectivity index (χ1v) is 15.2. The summed E-state index contributed by atoms with van der Waals surface area (Å²) in [5, 5.41) is 5.82. The maximum atomic E-state index is 15.3. The number of amides is 2. The summed E-state index contributed by atoms with van der Waals surface area (Å²) in [5.41, 5.74) is -0.279. The van der Waals surface area contributed by atoms with Crippen LogP contribution in [-0.2, 0) is 9.59 Å². The molecule has 0 radical (unpaired) electrons. The highest BCUT2D eigenvalue weighted by atomic mass is 19.1. The summed E-state index contributed by atoms with van der Waals surface area (Å²) >= 11 is 0.